The number of aliphatic hydroxyl groups is 1. The van der Waals surface area contributed by atoms with Crippen molar-refractivity contribution in [3.05, 3.63) is 54.6 Å². The van der Waals surface area contributed by atoms with Gasteiger partial charge in [0.05, 0.1) is 28.6 Å². The summed E-state index contributed by atoms with van der Waals surface area (Å²) in [6.45, 7) is 8.64. The molecule has 3 amide bonds. The molecule has 3 fully saturated rings. The molecule has 38 heavy (non-hydrogen) atoms. The monoisotopic (exact) mass is 543 g/mol. The van der Waals surface area contributed by atoms with E-state index >= 15 is 0 Å². The van der Waals surface area contributed by atoms with Crippen LogP contribution in [0.1, 0.15) is 38.5 Å². The summed E-state index contributed by atoms with van der Waals surface area (Å²) in [5.74, 6) is -1.98. The lowest BCUT2D eigenvalue weighted by molar-refractivity contribution is -0.144. The number of carbonyl (C=O) groups excluding carboxylic acids is 3. The van der Waals surface area contributed by atoms with Crippen LogP contribution in [-0.2, 0) is 19.1 Å². The van der Waals surface area contributed by atoms with Crippen LogP contribution in [-0.4, -0.2) is 83.7 Å². The highest BCUT2D eigenvalue weighted by molar-refractivity contribution is 6.34. The minimum atomic E-state index is -1.07. The van der Waals surface area contributed by atoms with Gasteiger partial charge in [-0.25, -0.2) is 0 Å². The zero-order valence-corrected chi connectivity index (χ0v) is 22.8. The number of aliphatic hydroxyl groups excluding tert-OH is 1. The van der Waals surface area contributed by atoms with Crippen LogP contribution in [0.25, 0.3) is 0 Å². The lowest BCUT2D eigenvalue weighted by Crippen LogP contribution is -2.56. The van der Waals surface area contributed by atoms with Gasteiger partial charge in [-0.05, 0) is 37.8 Å². The molecular weight excluding hydrogens is 506 g/mol. The summed E-state index contributed by atoms with van der Waals surface area (Å²) in [5.41, 5.74) is -0.528. The zero-order valence-electron chi connectivity index (χ0n) is 22.1. The fourth-order valence-electron chi connectivity index (χ4n) is 6.49. The second kappa shape index (κ2) is 12.0. The number of benzene rings is 1. The van der Waals surface area contributed by atoms with E-state index in [1.54, 1.807) is 52.1 Å². The van der Waals surface area contributed by atoms with E-state index in [2.05, 4.69) is 13.2 Å². The van der Waals surface area contributed by atoms with E-state index in [-0.39, 0.29) is 30.9 Å². The maximum absolute atomic E-state index is 14.4. The Hall–Kier alpha value is -2.68. The van der Waals surface area contributed by atoms with E-state index in [4.69, 9.17) is 21.4 Å². The summed E-state index contributed by atoms with van der Waals surface area (Å²) >= 11 is 6.50. The Morgan fingerprint density at radius 3 is 2.55 bits per heavy atom. The molecule has 5 atom stereocenters. The zero-order chi connectivity index (χ0) is 27.4. The summed E-state index contributed by atoms with van der Waals surface area (Å²) in [6.07, 6.45) is 7.06. The van der Waals surface area contributed by atoms with Gasteiger partial charge >= 0.3 is 0 Å². The van der Waals surface area contributed by atoms with Gasteiger partial charge < -0.3 is 24.5 Å². The molecule has 0 aromatic heterocycles. The normalized spacial score (nSPS) is 27.3. The molecule has 3 saturated heterocycles. The van der Waals surface area contributed by atoms with Crippen molar-refractivity contribution in [2.45, 2.75) is 56.3 Å². The Balaban J connectivity index is 1.72. The van der Waals surface area contributed by atoms with E-state index in [0.717, 1.165) is 12.8 Å². The molecule has 0 saturated carbocycles. The minimum absolute atomic E-state index is 0.126. The van der Waals surface area contributed by atoms with Gasteiger partial charge in [0.1, 0.15) is 11.6 Å². The molecule has 1 aromatic rings. The van der Waals surface area contributed by atoms with Crippen LogP contribution < -0.4 is 4.90 Å². The number of para-hydroxylation sites is 1. The van der Waals surface area contributed by atoms with E-state index in [9.17, 15) is 14.4 Å². The summed E-state index contributed by atoms with van der Waals surface area (Å²) in [6, 6.07) is 6.24. The van der Waals surface area contributed by atoms with Gasteiger partial charge in [0.25, 0.3) is 5.91 Å². The Morgan fingerprint density at radius 1 is 1.16 bits per heavy atom. The van der Waals surface area contributed by atoms with Crippen LogP contribution in [0.15, 0.2) is 49.6 Å². The van der Waals surface area contributed by atoms with Gasteiger partial charge in [0.15, 0.2) is 0 Å². The lowest BCUT2D eigenvalue weighted by Gasteiger charge is -2.37. The molecule has 8 nitrogen and oxygen atoms in total. The lowest BCUT2D eigenvalue weighted by atomic mass is 9.70. The number of unbranched alkanes of at least 4 members (excludes halogenated alkanes) is 3. The molecule has 1 N–H and O–H groups in total. The van der Waals surface area contributed by atoms with Crippen LogP contribution in [0.2, 0.25) is 5.02 Å². The number of nitrogens with zero attached hydrogens (tertiary/aromatic N) is 3. The first-order valence-electron chi connectivity index (χ1n) is 13.4. The van der Waals surface area contributed by atoms with Gasteiger partial charge in [0, 0.05) is 33.3 Å². The molecule has 206 valence electrons. The third-order valence-corrected chi connectivity index (χ3v) is 8.45. The van der Waals surface area contributed by atoms with Crippen molar-refractivity contribution in [2.24, 2.45) is 11.8 Å². The highest BCUT2D eigenvalue weighted by atomic mass is 35.5. The first-order chi connectivity index (χ1) is 18.3. The van der Waals surface area contributed by atoms with Gasteiger partial charge in [-0.3, -0.25) is 14.4 Å². The first kappa shape index (κ1) is 28.3. The number of likely N-dealkylation sites (N-methyl/N-ethyl adjacent to an activating group) is 1. The van der Waals surface area contributed by atoms with Crippen LogP contribution in [0.5, 0.6) is 0 Å². The number of hydrogen-bond donors (Lipinski definition) is 1. The van der Waals surface area contributed by atoms with Crippen molar-refractivity contribution < 1.29 is 24.2 Å². The standard InChI is InChI=1S/C29H38ClN3O5/c1-4-16-31(3)26(35)23-22-14-15-29(38-22)24(23)27(36)33(18-10-6-7-11-19-34)25(29)28(37)32(17-5-2)21-13-9-8-12-20(21)30/h4-5,8-9,12-13,22-25,34H,1-2,6-7,10-11,14-19H2,3H3/t22-,23+,24+,25?,29?/m1/s1. The maximum atomic E-state index is 14.4. The number of rotatable bonds is 13. The highest BCUT2D eigenvalue weighted by Crippen LogP contribution is 2.59. The molecule has 0 aliphatic carbocycles. The number of carbonyl (C=O) groups is 3. The Kier molecular flexibility index (Phi) is 8.96. The second-order valence-corrected chi connectivity index (χ2v) is 10.8. The molecule has 3 heterocycles. The summed E-state index contributed by atoms with van der Waals surface area (Å²) < 4.78 is 6.54. The third kappa shape index (κ3) is 4.90. The van der Waals surface area contributed by atoms with Gasteiger partial charge in [-0.1, -0.05) is 48.7 Å². The van der Waals surface area contributed by atoms with Crippen LogP contribution in [0, 0.1) is 11.8 Å². The Morgan fingerprint density at radius 2 is 1.87 bits per heavy atom. The fourth-order valence-corrected chi connectivity index (χ4v) is 6.73. The fraction of sp³-hybridized carbons (Fsp3) is 0.552. The second-order valence-electron chi connectivity index (χ2n) is 10.4. The van der Waals surface area contributed by atoms with Crippen molar-refractivity contribution in [1.82, 2.24) is 9.80 Å². The highest BCUT2D eigenvalue weighted by Gasteiger charge is 2.74. The largest absolute Gasteiger partial charge is 0.396 e. The number of hydrogen-bond acceptors (Lipinski definition) is 5. The molecule has 1 aromatic carbocycles. The summed E-state index contributed by atoms with van der Waals surface area (Å²) in [5, 5.41) is 9.55. The quantitative estimate of drug-likeness (QED) is 0.304. The van der Waals surface area contributed by atoms with Gasteiger partial charge in [-0.15, -0.1) is 13.2 Å². The minimum Gasteiger partial charge on any atom is -0.396 e. The van der Waals surface area contributed by atoms with E-state index in [1.807, 2.05) is 6.07 Å². The Labute approximate surface area is 229 Å². The number of fused-ring (bicyclic) bond motifs is 1. The molecular formula is C29H38ClN3O5. The topological polar surface area (TPSA) is 90.4 Å². The van der Waals surface area contributed by atoms with Crippen LogP contribution in [0.4, 0.5) is 5.69 Å². The smallest absolute Gasteiger partial charge is 0.253 e. The molecule has 3 aliphatic rings. The average molecular weight is 544 g/mol. The molecule has 2 unspecified atom stereocenters. The third-order valence-electron chi connectivity index (χ3n) is 8.13. The van der Waals surface area contributed by atoms with Crippen molar-refractivity contribution in [3.63, 3.8) is 0 Å². The molecule has 1 spiro atoms. The summed E-state index contributed by atoms with van der Waals surface area (Å²) in [4.78, 5) is 46.8. The number of halogens is 1. The van der Waals surface area contributed by atoms with Crippen molar-refractivity contribution in [3.8, 4) is 0 Å². The van der Waals surface area contributed by atoms with E-state index in [1.165, 1.54) is 0 Å². The van der Waals surface area contributed by atoms with Crippen molar-refractivity contribution in [2.75, 3.05) is 38.2 Å². The van der Waals surface area contributed by atoms with Gasteiger partial charge in [0.2, 0.25) is 11.8 Å². The Bertz CT molecular complexity index is 1080. The number of likely N-dealkylation sites (tertiary alicyclic amines) is 1. The van der Waals surface area contributed by atoms with Gasteiger partial charge in [-0.2, -0.15) is 0 Å². The predicted octanol–water partition coefficient (Wildman–Crippen LogP) is 3.43. The van der Waals surface area contributed by atoms with Crippen molar-refractivity contribution in [1.29, 1.82) is 0 Å². The van der Waals surface area contributed by atoms with E-state index in [0.29, 0.717) is 49.5 Å². The number of amides is 3. The van der Waals surface area contributed by atoms with Crippen molar-refractivity contribution >= 4 is 35.0 Å². The SMILES string of the molecule is C=CCN(C)C(=O)[C@@H]1[C@H]2C(=O)N(CCCCCCO)C(C(=O)N(CC=C)c3ccccc3Cl)C23CC[C@H]1O3. The molecule has 9 heteroatoms. The molecule has 4 rings (SSSR count). The summed E-state index contributed by atoms with van der Waals surface area (Å²) in [7, 11) is 1.70. The molecule has 2 bridgehead atoms. The average Bonchev–Trinajstić information content (AvgIpc) is 3.54. The number of anilines is 1. The van der Waals surface area contributed by atoms with E-state index < -0.39 is 29.6 Å². The van der Waals surface area contributed by atoms with Crippen LogP contribution >= 0.6 is 11.6 Å². The first-order valence-corrected chi connectivity index (χ1v) is 13.8. The number of ether oxygens (including phenoxy) is 1. The predicted molar refractivity (Wildman–Crippen MR) is 147 cm³/mol. The molecule has 3 aliphatic heterocycles. The van der Waals surface area contributed by atoms with Crippen LogP contribution in [0.3, 0.4) is 0 Å². The molecule has 0 radical (unpaired) electrons. The maximum Gasteiger partial charge on any atom is 0.253 e.